The third-order valence-corrected chi connectivity index (χ3v) is 4.22. The first-order valence-corrected chi connectivity index (χ1v) is 7.67. The molecular weight excluding hydrogens is 262 g/mol. The maximum Gasteiger partial charge on any atom is 0.174 e. The van der Waals surface area contributed by atoms with Crippen LogP contribution in [0.1, 0.15) is 38.3 Å². The Labute approximate surface area is 127 Å². The number of ether oxygens (including phenoxy) is 1. The van der Waals surface area contributed by atoms with Crippen molar-refractivity contribution >= 4 is 0 Å². The van der Waals surface area contributed by atoms with Crippen molar-refractivity contribution in [2.75, 3.05) is 20.2 Å². The summed E-state index contributed by atoms with van der Waals surface area (Å²) in [7, 11) is 2.22. The number of nitrogens with one attached hydrogen (secondary N) is 1. The summed E-state index contributed by atoms with van der Waals surface area (Å²) in [6.45, 7) is 5.53. The molecule has 1 saturated carbocycles. The zero-order chi connectivity index (χ0) is 15.2. The molecule has 114 valence electrons. The second-order valence-electron chi connectivity index (χ2n) is 5.89. The van der Waals surface area contributed by atoms with E-state index in [4.69, 9.17) is 10.00 Å². The summed E-state index contributed by atoms with van der Waals surface area (Å²) in [5, 5.41) is 12.1. The number of hydrogen-bond donors (Lipinski definition) is 1. The van der Waals surface area contributed by atoms with E-state index >= 15 is 0 Å². The van der Waals surface area contributed by atoms with E-state index in [1.807, 2.05) is 18.2 Å². The minimum atomic E-state index is 0.0954. The fourth-order valence-electron chi connectivity index (χ4n) is 2.42. The molecule has 1 aliphatic rings. The first-order chi connectivity index (χ1) is 10.1. The van der Waals surface area contributed by atoms with Crippen LogP contribution in [0.4, 0.5) is 0 Å². The molecule has 0 bridgehead atoms. The topological polar surface area (TPSA) is 48.3 Å². The van der Waals surface area contributed by atoms with Crippen LogP contribution in [0.3, 0.4) is 0 Å². The summed E-state index contributed by atoms with van der Waals surface area (Å²) in [4.78, 5) is 2.47. The van der Waals surface area contributed by atoms with Crippen LogP contribution < -0.4 is 10.1 Å². The number of benzene rings is 1. The van der Waals surface area contributed by atoms with Gasteiger partial charge in [0, 0.05) is 24.7 Å². The maximum atomic E-state index is 8.49. The predicted molar refractivity (Wildman–Crippen MR) is 84.2 cm³/mol. The van der Waals surface area contributed by atoms with Gasteiger partial charge >= 0.3 is 0 Å². The number of nitrogens with zero attached hydrogens (tertiary/aromatic N) is 2. The van der Waals surface area contributed by atoms with Crippen molar-refractivity contribution < 1.29 is 4.74 Å². The zero-order valence-corrected chi connectivity index (χ0v) is 13.2. The molecule has 1 N–H and O–H groups in total. The SMILES string of the molecule is CC(NCC(C)N(C)C1CC1)c1ccc(OCC#N)cc1. The third kappa shape index (κ3) is 4.73. The van der Waals surface area contributed by atoms with Crippen molar-refractivity contribution in [3.05, 3.63) is 29.8 Å². The minimum Gasteiger partial charge on any atom is -0.479 e. The highest BCUT2D eigenvalue weighted by Gasteiger charge is 2.28. The molecule has 1 aromatic carbocycles. The standard InChI is InChI=1S/C17H25N3O/c1-13(20(3)16-6-7-16)12-19-14(2)15-4-8-17(9-5-15)21-11-10-18/h4-5,8-9,13-14,16,19H,6-7,11-12H2,1-3H3. The van der Waals surface area contributed by atoms with E-state index < -0.39 is 0 Å². The van der Waals surface area contributed by atoms with Gasteiger partial charge in [-0.3, -0.25) is 4.90 Å². The quantitative estimate of drug-likeness (QED) is 0.798. The Morgan fingerprint density at radius 3 is 2.57 bits per heavy atom. The normalized spacial score (nSPS) is 17.3. The van der Waals surface area contributed by atoms with Gasteiger partial charge in [-0.25, -0.2) is 0 Å². The summed E-state index contributed by atoms with van der Waals surface area (Å²) < 4.78 is 5.26. The summed E-state index contributed by atoms with van der Waals surface area (Å²) in [5.41, 5.74) is 1.24. The first-order valence-electron chi connectivity index (χ1n) is 7.67. The molecular formula is C17H25N3O. The van der Waals surface area contributed by atoms with Gasteiger partial charge < -0.3 is 10.1 Å². The van der Waals surface area contributed by atoms with Gasteiger partial charge in [0.25, 0.3) is 0 Å². The van der Waals surface area contributed by atoms with Gasteiger partial charge in [-0.15, -0.1) is 0 Å². The summed E-state index contributed by atoms with van der Waals surface area (Å²) in [6.07, 6.45) is 2.70. The number of likely N-dealkylation sites (N-methyl/N-ethyl adjacent to an activating group) is 1. The van der Waals surface area contributed by atoms with Crippen molar-refractivity contribution in [2.24, 2.45) is 0 Å². The van der Waals surface area contributed by atoms with Gasteiger partial charge in [0.2, 0.25) is 0 Å². The summed E-state index contributed by atoms with van der Waals surface area (Å²) >= 11 is 0. The summed E-state index contributed by atoms with van der Waals surface area (Å²) in [6, 6.07) is 11.6. The highest BCUT2D eigenvalue weighted by Crippen LogP contribution is 2.27. The molecule has 0 radical (unpaired) electrons. The Hall–Kier alpha value is -1.57. The van der Waals surface area contributed by atoms with Gasteiger partial charge in [0.15, 0.2) is 6.61 Å². The summed E-state index contributed by atoms with van der Waals surface area (Å²) in [5.74, 6) is 0.745. The molecule has 2 unspecified atom stereocenters. The Balaban J connectivity index is 1.79. The van der Waals surface area contributed by atoms with Gasteiger partial charge in [0.1, 0.15) is 11.8 Å². The molecule has 0 heterocycles. The lowest BCUT2D eigenvalue weighted by Gasteiger charge is -2.26. The second-order valence-corrected chi connectivity index (χ2v) is 5.89. The van der Waals surface area contributed by atoms with Crippen LogP contribution in [0.5, 0.6) is 5.75 Å². The highest BCUT2D eigenvalue weighted by molar-refractivity contribution is 5.29. The van der Waals surface area contributed by atoms with E-state index in [0.717, 1.165) is 18.3 Å². The zero-order valence-electron chi connectivity index (χ0n) is 13.2. The Morgan fingerprint density at radius 1 is 1.33 bits per heavy atom. The van der Waals surface area contributed by atoms with E-state index in [1.165, 1.54) is 18.4 Å². The molecule has 1 aromatic rings. The molecule has 0 aliphatic heterocycles. The molecule has 1 aliphatic carbocycles. The van der Waals surface area contributed by atoms with Crippen LogP contribution in [0.2, 0.25) is 0 Å². The van der Waals surface area contributed by atoms with E-state index in [0.29, 0.717) is 12.1 Å². The predicted octanol–water partition coefficient (Wildman–Crippen LogP) is 2.72. The van der Waals surface area contributed by atoms with Gasteiger partial charge in [-0.1, -0.05) is 12.1 Å². The lowest BCUT2D eigenvalue weighted by molar-refractivity contribution is 0.237. The lowest BCUT2D eigenvalue weighted by atomic mass is 10.1. The van der Waals surface area contributed by atoms with Crippen molar-refractivity contribution in [1.29, 1.82) is 5.26 Å². The highest BCUT2D eigenvalue weighted by atomic mass is 16.5. The smallest absolute Gasteiger partial charge is 0.174 e. The number of rotatable bonds is 8. The van der Waals surface area contributed by atoms with E-state index in [-0.39, 0.29) is 6.61 Å². The van der Waals surface area contributed by atoms with Crippen LogP contribution in [-0.2, 0) is 0 Å². The monoisotopic (exact) mass is 287 g/mol. The van der Waals surface area contributed by atoms with E-state index in [9.17, 15) is 0 Å². The van der Waals surface area contributed by atoms with Crippen molar-refractivity contribution in [3.8, 4) is 11.8 Å². The minimum absolute atomic E-state index is 0.0954. The van der Waals surface area contributed by atoms with Crippen LogP contribution in [-0.4, -0.2) is 37.2 Å². The van der Waals surface area contributed by atoms with Crippen LogP contribution in [0.15, 0.2) is 24.3 Å². The third-order valence-electron chi connectivity index (χ3n) is 4.22. The van der Waals surface area contributed by atoms with Crippen molar-refractivity contribution in [3.63, 3.8) is 0 Å². The molecule has 2 atom stereocenters. The molecule has 21 heavy (non-hydrogen) atoms. The maximum absolute atomic E-state index is 8.49. The fraction of sp³-hybridized carbons (Fsp3) is 0.588. The lowest BCUT2D eigenvalue weighted by Crippen LogP contribution is -2.39. The molecule has 0 aromatic heterocycles. The van der Waals surface area contributed by atoms with Crippen LogP contribution in [0, 0.1) is 11.3 Å². The largest absolute Gasteiger partial charge is 0.479 e. The van der Waals surface area contributed by atoms with Crippen LogP contribution in [0.25, 0.3) is 0 Å². The first kappa shape index (κ1) is 15.8. The Bertz CT molecular complexity index is 476. The van der Waals surface area contributed by atoms with E-state index in [1.54, 1.807) is 0 Å². The van der Waals surface area contributed by atoms with Gasteiger partial charge in [-0.2, -0.15) is 5.26 Å². The second kappa shape index (κ2) is 7.44. The Morgan fingerprint density at radius 2 is 2.00 bits per heavy atom. The molecule has 4 heteroatoms. The molecule has 2 rings (SSSR count). The van der Waals surface area contributed by atoms with Gasteiger partial charge in [0.05, 0.1) is 0 Å². The molecule has 0 saturated heterocycles. The van der Waals surface area contributed by atoms with Gasteiger partial charge in [-0.05, 0) is 51.4 Å². The average molecular weight is 287 g/mol. The molecule has 1 fully saturated rings. The van der Waals surface area contributed by atoms with E-state index in [2.05, 4.69) is 43.2 Å². The van der Waals surface area contributed by atoms with Crippen LogP contribution >= 0.6 is 0 Å². The number of nitriles is 1. The molecule has 0 spiro atoms. The Kier molecular flexibility index (Phi) is 5.60. The fourth-order valence-corrected chi connectivity index (χ4v) is 2.42. The van der Waals surface area contributed by atoms with Crippen molar-refractivity contribution in [2.45, 2.75) is 44.8 Å². The number of hydrogen-bond acceptors (Lipinski definition) is 4. The molecule has 0 amide bonds. The van der Waals surface area contributed by atoms with Crippen molar-refractivity contribution in [1.82, 2.24) is 10.2 Å². The average Bonchev–Trinajstić information content (AvgIpc) is 3.34. The molecule has 4 nitrogen and oxygen atoms in total.